The van der Waals surface area contributed by atoms with Crippen LogP contribution < -0.4 is 5.73 Å². The van der Waals surface area contributed by atoms with Crippen molar-refractivity contribution >= 4 is 5.91 Å². The van der Waals surface area contributed by atoms with Gasteiger partial charge >= 0.3 is 0 Å². The lowest BCUT2D eigenvalue weighted by Gasteiger charge is -2.31. The van der Waals surface area contributed by atoms with Crippen molar-refractivity contribution in [2.45, 2.75) is 25.8 Å². The van der Waals surface area contributed by atoms with Crippen LogP contribution in [-0.4, -0.2) is 34.9 Å². The predicted molar refractivity (Wildman–Crippen MR) is 79.8 cm³/mol. The van der Waals surface area contributed by atoms with Crippen molar-refractivity contribution in [3.05, 3.63) is 41.8 Å². The number of amides is 1. The van der Waals surface area contributed by atoms with Crippen LogP contribution in [0.15, 0.2) is 34.9 Å². The van der Waals surface area contributed by atoms with Gasteiger partial charge in [-0.1, -0.05) is 0 Å². The van der Waals surface area contributed by atoms with Gasteiger partial charge in [0, 0.05) is 19.1 Å². The van der Waals surface area contributed by atoms with Crippen molar-refractivity contribution in [2.75, 3.05) is 13.1 Å². The van der Waals surface area contributed by atoms with Crippen LogP contribution in [0.3, 0.4) is 0 Å². The first-order valence-electron chi connectivity index (χ1n) is 7.21. The normalized spacial score (nSPS) is 18.8. The maximum Gasteiger partial charge on any atom is 0.255 e. The average Bonchev–Trinajstić information content (AvgIpc) is 3.00. The summed E-state index contributed by atoms with van der Waals surface area (Å²) in [5.74, 6) is 0.721. The number of likely N-dealkylation sites (tertiary alicyclic amines) is 1. The molecule has 3 rings (SSSR count). The van der Waals surface area contributed by atoms with Crippen molar-refractivity contribution in [3.8, 4) is 11.5 Å². The molecule has 0 radical (unpaired) electrons. The molecule has 1 aliphatic heterocycles. The molecule has 0 aliphatic carbocycles. The molecule has 1 unspecified atom stereocenters. The summed E-state index contributed by atoms with van der Waals surface area (Å²) in [5, 5.41) is 0. The van der Waals surface area contributed by atoms with E-state index in [9.17, 15) is 4.79 Å². The molecule has 1 saturated heterocycles. The Morgan fingerprint density at radius 1 is 1.43 bits per heavy atom. The third-order valence-electron chi connectivity index (χ3n) is 3.83. The number of carbonyl (C=O) groups excluding carboxylic acids is 1. The molecule has 2 aromatic rings. The van der Waals surface area contributed by atoms with Gasteiger partial charge in [-0.3, -0.25) is 4.79 Å². The van der Waals surface area contributed by atoms with Crippen LogP contribution in [0.2, 0.25) is 0 Å². The number of nitrogens with zero attached hydrogens (tertiary/aromatic N) is 2. The maximum absolute atomic E-state index is 12.6. The van der Waals surface area contributed by atoms with Crippen LogP contribution in [0.4, 0.5) is 0 Å². The summed E-state index contributed by atoms with van der Waals surface area (Å²) < 4.78 is 5.33. The third-order valence-corrected chi connectivity index (χ3v) is 3.83. The quantitative estimate of drug-likeness (QED) is 0.918. The Labute approximate surface area is 123 Å². The van der Waals surface area contributed by atoms with E-state index >= 15 is 0 Å². The van der Waals surface area contributed by atoms with Crippen LogP contribution in [0.5, 0.6) is 0 Å². The number of aromatic nitrogens is 1. The first-order chi connectivity index (χ1) is 10.1. The molecule has 0 saturated carbocycles. The van der Waals surface area contributed by atoms with E-state index < -0.39 is 0 Å². The molecule has 1 aliphatic rings. The van der Waals surface area contributed by atoms with E-state index in [1.807, 2.05) is 36.1 Å². The zero-order valence-electron chi connectivity index (χ0n) is 12.1. The van der Waals surface area contributed by atoms with Crippen LogP contribution in [0, 0.1) is 6.92 Å². The van der Waals surface area contributed by atoms with E-state index in [1.54, 1.807) is 6.26 Å². The van der Waals surface area contributed by atoms with Gasteiger partial charge in [-0.25, -0.2) is 4.98 Å². The van der Waals surface area contributed by atoms with Crippen molar-refractivity contribution in [2.24, 2.45) is 5.73 Å². The van der Waals surface area contributed by atoms with Crippen LogP contribution in [0.1, 0.15) is 28.9 Å². The topological polar surface area (TPSA) is 72.4 Å². The molecule has 2 N–H and O–H groups in total. The number of aryl methyl sites for hydroxylation is 1. The van der Waals surface area contributed by atoms with Gasteiger partial charge in [0.25, 0.3) is 5.91 Å². The van der Waals surface area contributed by atoms with E-state index in [-0.39, 0.29) is 11.9 Å². The van der Waals surface area contributed by atoms with Gasteiger partial charge in [0.15, 0.2) is 5.76 Å². The summed E-state index contributed by atoms with van der Waals surface area (Å²) in [6.45, 7) is 3.24. The molecule has 5 heteroatoms. The predicted octanol–water partition coefficient (Wildman–Crippen LogP) is 2.21. The number of furan rings is 1. The Balaban J connectivity index is 1.84. The second kappa shape index (κ2) is 5.69. The highest BCUT2D eigenvalue weighted by molar-refractivity contribution is 5.95. The Bertz CT molecular complexity index is 637. The van der Waals surface area contributed by atoms with Gasteiger partial charge in [0.2, 0.25) is 0 Å². The minimum Gasteiger partial charge on any atom is -0.463 e. The van der Waals surface area contributed by atoms with Gasteiger partial charge in [-0.05, 0) is 44.0 Å². The van der Waals surface area contributed by atoms with Gasteiger partial charge in [0.1, 0.15) is 5.69 Å². The van der Waals surface area contributed by atoms with Crippen molar-refractivity contribution in [1.29, 1.82) is 0 Å². The highest BCUT2D eigenvalue weighted by atomic mass is 16.3. The highest BCUT2D eigenvalue weighted by Crippen LogP contribution is 2.21. The molecule has 21 heavy (non-hydrogen) atoms. The fraction of sp³-hybridized carbons (Fsp3) is 0.375. The molecule has 0 aromatic carbocycles. The summed E-state index contributed by atoms with van der Waals surface area (Å²) in [7, 11) is 0. The molecule has 1 fully saturated rings. The molecule has 0 spiro atoms. The van der Waals surface area contributed by atoms with Crippen molar-refractivity contribution in [3.63, 3.8) is 0 Å². The minimum atomic E-state index is 0.0149. The highest BCUT2D eigenvalue weighted by Gasteiger charge is 2.24. The number of hydrogen-bond acceptors (Lipinski definition) is 4. The van der Waals surface area contributed by atoms with Gasteiger partial charge < -0.3 is 15.1 Å². The number of piperidine rings is 1. The zero-order valence-corrected chi connectivity index (χ0v) is 12.1. The molecular weight excluding hydrogens is 266 g/mol. The molecule has 2 aromatic heterocycles. The van der Waals surface area contributed by atoms with E-state index in [2.05, 4.69) is 4.98 Å². The number of hydrogen-bond donors (Lipinski definition) is 1. The van der Waals surface area contributed by atoms with Crippen molar-refractivity contribution in [1.82, 2.24) is 9.88 Å². The van der Waals surface area contributed by atoms with E-state index in [0.717, 1.165) is 25.1 Å². The summed E-state index contributed by atoms with van der Waals surface area (Å²) in [6.07, 6.45) is 3.56. The number of nitrogens with two attached hydrogens (primary N) is 1. The lowest BCUT2D eigenvalue weighted by molar-refractivity contribution is 0.0707. The largest absolute Gasteiger partial charge is 0.463 e. The van der Waals surface area contributed by atoms with Crippen LogP contribution in [0.25, 0.3) is 11.5 Å². The SMILES string of the molecule is Cc1nc(-c2ccco2)ccc1C(=O)N1CCCC(N)C1. The fourth-order valence-corrected chi connectivity index (χ4v) is 2.71. The Morgan fingerprint density at radius 3 is 2.95 bits per heavy atom. The monoisotopic (exact) mass is 285 g/mol. The minimum absolute atomic E-state index is 0.0149. The van der Waals surface area contributed by atoms with Crippen LogP contribution >= 0.6 is 0 Å². The second-order valence-electron chi connectivity index (χ2n) is 5.46. The van der Waals surface area contributed by atoms with E-state index in [4.69, 9.17) is 10.2 Å². The number of carbonyl (C=O) groups is 1. The maximum atomic E-state index is 12.6. The first kappa shape index (κ1) is 13.8. The summed E-state index contributed by atoms with van der Waals surface area (Å²) in [4.78, 5) is 18.9. The first-order valence-corrected chi connectivity index (χ1v) is 7.21. The molecule has 5 nitrogen and oxygen atoms in total. The summed E-state index contributed by atoms with van der Waals surface area (Å²) in [5.41, 5.74) is 8.04. The second-order valence-corrected chi connectivity index (χ2v) is 5.46. The average molecular weight is 285 g/mol. The third kappa shape index (κ3) is 2.83. The van der Waals surface area contributed by atoms with E-state index in [0.29, 0.717) is 23.6 Å². The Kier molecular flexibility index (Phi) is 3.75. The van der Waals surface area contributed by atoms with Gasteiger partial charge in [-0.2, -0.15) is 0 Å². The standard InChI is InChI=1S/C16H19N3O2/c1-11-13(16(20)19-8-2-4-12(17)10-19)6-7-14(18-11)15-5-3-9-21-15/h3,5-7,9,12H,2,4,8,10,17H2,1H3. The molecular formula is C16H19N3O2. The van der Waals surface area contributed by atoms with Gasteiger partial charge in [0.05, 0.1) is 17.5 Å². The van der Waals surface area contributed by atoms with Gasteiger partial charge in [-0.15, -0.1) is 0 Å². The molecule has 3 heterocycles. The molecule has 110 valence electrons. The lowest BCUT2D eigenvalue weighted by Crippen LogP contribution is -2.45. The number of rotatable bonds is 2. The zero-order chi connectivity index (χ0) is 14.8. The van der Waals surface area contributed by atoms with Crippen LogP contribution in [-0.2, 0) is 0 Å². The summed E-state index contributed by atoms with van der Waals surface area (Å²) in [6, 6.07) is 7.40. The molecule has 1 atom stereocenters. The van der Waals surface area contributed by atoms with Crippen molar-refractivity contribution < 1.29 is 9.21 Å². The molecule has 1 amide bonds. The lowest BCUT2D eigenvalue weighted by atomic mass is 10.0. The Hall–Kier alpha value is -2.14. The fourth-order valence-electron chi connectivity index (χ4n) is 2.71. The summed E-state index contributed by atoms with van der Waals surface area (Å²) >= 11 is 0. The Morgan fingerprint density at radius 2 is 2.29 bits per heavy atom. The molecule has 0 bridgehead atoms. The number of pyridine rings is 1. The van der Waals surface area contributed by atoms with E-state index in [1.165, 1.54) is 0 Å². The smallest absolute Gasteiger partial charge is 0.255 e.